The SMILES string of the molecule is CC1CCN(C(=O)Cn2cnc3ccccc3c2=O)CC1. The molecule has 1 fully saturated rings. The number of para-hydroxylation sites is 1. The fourth-order valence-corrected chi connectivity index (χ4v) is 2.72. The van der Waals surface area contributed by atoms with E-state index < -0.39 is 0 Å². The van der Waals surface area contributed by atoms with Crippen LogP contribution in [0.1, 0.15) is 19.8 Å². The molecule has 0 spiro atoms. The zero-order chi connectivity index (χ0) is 14.8. The molecule has 5 heteroatoms. The maximum Gasteiger partial charge on any atom is 0.261 e. The van der Waals surface area contributed by atoms with Crippen LogP contribution >= 0.6 is 0 Å². The molecule has 0 N–H and O–H groups in total. The Morgan fingerprint density at radius 1 is 1.29 bits per heavy atom. The van der Waals surface area contributed by atoms with Crippen LogP contribution < -0.4 is 5.56 Å². The number of piperidine rings is 1. The lowest BCUT2D eigenvalue weighted by Crippen LogP contribution is -2.41. The smallest absolute Gasteiger partial charge is 0.261 e. The van der Waals surface area contributed by atoms with Crippen molar-refractivity contribution >= 4 is 16.8 Å². The minimum Gasteiger partial charge on any atom is -0.341 e. The first kappa shape index (κ1) is 13.8. The van der Waals surface area contributed by atoms with Crippen molar-refractivity contribution in [2.24, 2.45) is 5.92 Å². The molecule has 110 valence electrons. The Morgan fingerprint density at radius 2 is 2.00 bits per heavy atom. The normalized spacial score (nSPS) is 16.3. The molecule has 1 aliphatic heterocycles. The molecule has 1 amide bonds. The lowest BCUT2D eigenvalue weighted by molar-refractivity contribution is -0.133. The van der Waals surface area contributed by atoms with E-state index in [9.17, 15) is 9.59 Å². The summed E-state index contributed by atoms with van der Waals surface area (Å²) in [6, 6.07) is 7.20. The number of likely N-dealkylation sites (tertiary alicyclic amines) is 1. The minimum atomic E-state index is -0.153. The summed E-state index contributed by atoms with van der Waals surface area (Å²) in [6.07, 6.45) is 3.54. The number of fused-ring (bicyclic) bond motifs is 1. The summed E-state index contributed by atoms with van der Waals surface area (Å²) < 4.78 is 1.41. The molecule has 0 bridgehead atoms. The molecule has 0 aliphatic carbocycles. The van der Waals surface area contributed by atoms with Gasteiger partial charge in [0.25, 0.3) is 5.56 Å². The average molecular weight is 285 g/mol. The maximum atomic E-state index is 12.4. The largest absolute Gasteiger partial charge is 0.341 e. The van der Waals surface area contributed by atoms with Gasteiger partial charge in [0.2, 0.25) is 5.91 Å². The third-order valence-electron chi connectivity index (χ3n) is 4.17. The number of hydrogen-bond donors (Lipinski definition) is 0. The Balaban J connectivity index is 1.80. The van der Waals surface area contributed by atoms with Crippen molar-refractivity contribution in [1.82, 2.24) is 14.5 Å². The van der Waals surface area contributed by atoms with Crippen LogP contribution in [-0.4, -0.2) is 33.4 Å². The molecule has 1 aliphatic rings. The van der Waals surface area contributed by atoms with E-state index in [1.807, 2.05) is 17.0 Å². The second-order valence-corrected chi connectivity index (χ2v) is 5.76. The molecule has 1 aromatic heterocycles. The van der Waals surface area contributed by atoms with Gasteiger partial charge < -0.3 is 4.90 Å². The molecule has 2 heterocycles. The molecule has 3 rings (SSSR count). The maximum absolute atomic E-state index is 12.4. The van der Waals surface area contributed by atoms with Gasteiger partial charge in [-0.25, -0.2) is 4.98 Å². The highest BCUT2D eigenvalue weighted by molar-refractivity contribution is 5.79. The zero-order valence-electron chi connectivity index (χ0n) is 12.2. The van der Waals surface area contributed by atoms with Crippen LogP contribution in [0.25, 0.3) is 10.9 Å². The van der Waals surface area contributed by atoms with Crippen LogP contribution in [0.15, 0.2) is 35.4 Å². The molecule has 0 unspecified atom stereocenters. The van der Waals surface area contributed by atoms with E-state index in [2.05, 4.69) is 11.9 Å². The summed E-state index contributed by atoms with van der Waals surface area (Å²) in [6.45, 7) is 3.86. The average Bonchev–Trinajstić information content (AvgIpc) is 2.51. The van der Waals surface area contributed by atoms with Gasteiger partial charge >= 0.3 is 0 Å². The van der Waals surface area contributed by atoms with E-state index in [-0.39, 0.29) is 18.0 Å². The van der Waals surface area contributed by atoms with Crippen LogP contribution in [0.4, 0.5) is 0 Å². The fourth-order valence-electron chi connectivity index (χ4n) is 2.72. The standard InChI is InChI=1S/C16H19N3O2/c1-12-6-8-18(9-7-12)15(20)10-19-11-17-14-5-3-2-4-13(14)16(19)21/h2-5,11-12H,6-10H2,1H3. The van der Waals surface area contributed by atoms with E-state index >= 15 is 0 Å². The second-order valence-electron chi connectivity index (χ2n) is 5.76. The molecule has 5 nitrogen and oxygen atoms in total. The number of nitrogens with zero attached hydrogens (tertiary/aromatic N) is 3. The van der Waals surface area contributed by atoms with Crippen LogP contribution in [-0.2, 0) is 11.3 Å². The highest BCUT2D eigenvalue weighted by atomic mass is 16.2. The molecule has 0 atom stereocenters. The Hall–Kier alpha value is -2.17. The van der Waals surface area contributed by atoms with E-state index in [0.29, 0.717) is 16.8 Å². The van der Waals surface area contributed by atoms with Gasteiger partial charge in [-0.15, -0.1) is 0 Å². The Bertz CT molecular complexity index is 715. The summed E-state index contributed by atoms with van der Waals surface area (Å²) in [7, 11) is 0. The molecule has 1 saturated heterocycles. The first-order valence-electron chi connectivity index (χ1n) is 7.37. The molecule has 1 aromatic carbocycles. The predicted octanol–water partition coefficient (Wildman–Crippen LogP) is 1.66. The van der Waals surface area contributed by atoms with Crippen molar-refractivity contribution in [3.63, 3.8) is 0 Å². The molecule has 0 saturated carbocycles. The van der Waals surface area contributed by atoms with Gasteiger partial charge in [0.15, 0.2) is 0 Å². The first-order valence-corrected chi connectivity index (χ1v) is 7.37. The molecule has 2 aromatic rings. The lowest BCUT2D eigenvalue weighted by atomic mass is 9.99. The third kappa shape index (κ3) is 2.82. The van der Waals surface area contributed by atoms with Crippen LogP contribution in [0.5, 0.6) is 0 Å². The van der Waals surface area contributed by atoms with Crippen molar-refractivity contribution in [2.45, 2.75) is 26.3 Å². The van der Waals surface area contributed by atoms with Crippen LogP contribution in [0, 0.1) is 5.92 Å². The van der Waals surface area contributed by atoms with Gasteiger partial charge in [-0.1, -0.05) is 19.1 Å². The number of benzene rings is 1. The molecular formula is C16H19N3O2. The molecule has 21 heavy (non-hydrogen) atoms. The van der Waals surface area contributed by atoms with Crippen molar-refractivity contribution in [3.8, 4) is 0 Å². The Morgan fingerprint density at radius 3 is 2.76 bits per heavy atom. The quantitative estimate of drug-likeness (QED) is 0.843. The van der Waals surface area contributed by atoms with Crippen molar-refractivity contribution in [1.29, 1.82) is 0 Å². The van der Waals surface area contributed by atoms with E-state index in [4.69, 9.17) is 0 Å². The van der Waals surface area contributed by atoms with E-state index in [1.165, 1.54) is 10.9 Å². The highest BCUT2D eigenvalue weighted by Gasteiger charge is 2.20. The summed E-state index contributed by atoms with van der Waals surface area (Å²) in [5.74, 6) is 0.681. The summed E-state index contributed by atoms with van der Waals surface area (Å²) in [5.41, 5.74) is 0.511. The Kier molecular flexibility index (Phi) is 3.73. The second kappa shape index (κ2) is 5.68. The number of carbonyl (C=O) groups is 1. The highest BCUT2D eigenvalue weighted by Crippen LogP contribution is 2.16. The number of carbonyl (C=O) groups excluding carboxylic acids is 1. The van der Waals surface area contributed by atoms with Gasteiger partial charge in [-0.05, 0) is 30.9 Å². The third-order valence-corrected chi connectivity index (χ3v) is 4.17. The minimum absolute atomic E-state index is 0.00100. The van der Waals surface area contributed by atoms with Crippen molar-refractivity contribution < 1.29 is 4.79 Å². The summed E-state index contributed by atoms with van der Waals surface area (Å²) >= 11 is 0. The van der Waals surface area contributed by atoms with Crippen molar-refractivity contribution in [3.05, 3.63) is 40.9 Å². The fraction of sp³-hybridized carbons (Fsp3) is 0.438. The number of aromatic nitrogens is 2. The van der Waals surface area contributed by atoms with E-state index in [1.54, 1.807) is 12.1 Å². The van der Waals surface area contributed by atoms with Gasteiger partial charge in [0.05, 0.1) is 17.2 Å². The Labute approximate surface area is 123 Å². The predicted molar refractivity (Wildman–Crippen MR) is 81.0 cm³/mol. The van der Waals surface area contributed by atoms with Crippen LogP contribution in [0.3, 0.4) is 0 Å². The van der Waals surface area contributed by atoms with E-state index in [0.717, 1.165) is 25.9 Å². The van der Waals surface area contributed by atoms with Crippen LogP contribution in [0.2, 0.25) is 0 Å². The zero-order valence-corrected chi connectivity index (χ0v) is 12.2. The number of amides is 1. The number of hydrogen-bond acceptors (Lipinski definition) is 3. The lowest BCUT2D eigenvalue weighted by Gasteiger charge is -2.30. The summed E-state index contributed by atoms with van der Waals surface area (Å²) in [4.78, 5) is 30.7. The van der Waals surface area contributed by atoms with Gasteiger partial charge in [-0.2, -0.15) is 0 Å². The first-order chi connectivity index (χ1) is 10.1. The monoisotopic (exact) mass is 285 g/mol. The molecule has 0 radical (unpaired) electrons. The van der Waals surface area contributed by atoms with Crippen molar-refractivity contribution in [2.75, 3.05) is 13.1 Å². The summed E-state index contributed by atoms with van der Waals surface area (Å²) in [5, 5.41) is 0.556. The number of rotatable bonds is 2. The van der Waals surface area contributed by atoms with Gasteiger partial charge in [0, 0.05) is 13.1 Å². The topological polar surface area (TPSA) is 55.2 Å². The molecular weight excluding hydrogens is 266 g/mol. The van der Waals surface area contributed by atoms with Gasteiger partial charge in [-0.3, -0.25) is 14.2 Å². The van der Waals surface area contributed by atoms with Gasteiger partial charge in [0.1, 0.15) is 6.54 Å².